The van der Waals surface area contributed by atoms with Crippen molar-refractivity contribution in [1.29, 1.82) is 0 Å². The molecule has 4 saturated carbocycles. The maximum absolute atomic E-state index is 12.7. The predicted molar refractivity (Wildman–Crippen MR) is 89.7 cm³/mol. The van der Waals surface area contributed by atoms with E-state index in [4.69, 9.17) is 4.74 Å². The van der Waals surface area contributed by atoms with E-state index in [1.54, 1.807) is 6.20 Å². The molecule has 6 heteroatoms. The number of aromatic nitrogens is 2. The molecule has 5 nitrogen and oxygen atoms in total. The van der Waals surface area contributed by atoms with Gasteiger partial charge in [0.2, 0.25) is 0 Å². The third kappa shape index (κ3) is 2.31. The fourth-order valence-electron chi connectivity index (χ4n) is 5.51. The molecule has 4 aliphatic rings. The molecule has 2 aromatic heterocycles. The zero-order chi connectivity index (χ0) is 16.3. The number of rotatable bonds is 3. The highest BCUT2D eigenvalue weighted by molar-refractivity contribution is 7.15. The maximum Gasteiger partial charge on any atom is 0.309 e. The van der Waals surface area contributed by atoms with E-state index in [0.29, 0.717) is 22.5 Å². The van der Waals surface area contributed by atoms with Crippen LogP contribution in [0.25, 0.3) is 4.96 Å². The van der Waals surface area contributed by atoms with Crippen molar-refractivity contribution >= 4 is 22.3 Å². The van der Waals surface area contributed by atoms with E-state index in [9.17, 15) is 9.59 Å². The van der Waals surface area contributed by atoms with Gasteiger partial charge in [0.1, 0.15) is 6.61 Å². The van der Waals surface area contributed by atoms with Crippen LogP contribution in [0.3, 0.4) is 0 Å². The number of ether oxygens (including phenoxy) is 1. The van der Waals surface area contributed by atoms with E-state index < -0.39 is 0 Å². The van der Waals surface area contributed by atoms with Gasteiger partial charge in [-0.15, -0.1) is 11.3 Å². The average Bonchev–Trinajstić information content (AvgIpc) is 3.01. The Hall–Kier alpha value is -1.69. The number of nitrogens with zero attached hydrogens (tertiary/aromatic N) is 2. The zero-order valence-electron chi connectivity index (χ0n) is 13.4. The van der Waals surface area contributed by atoms with Crippen molar-refractivity contribution < 1.29 is 9.53 Å². The second-order valence-corrected chi connectivity index (χ2v) is 8.58. The second kappa shape index (κ2) is 5.41. The summed E-state index contributed by atoms with van der Waals surface area (Å²) in [5.41, 5.74) is 0.418. The van der Waals surface area contributed by atoms with Crippen molar-refractivity contribution in [3.05, 3.63) is 33.7 Å². The molecule has 0 radical (unpaired) electrons. The Morgan fingerprint density at radius 1 is 1.21 bits per heavy atom. The highest BCUT2D eigenvalue weighted by Gasteiger charge is 2.51. The average molecular weight is 344 g/mol. The van der Waals surface area contributed by atoms with Crippen LogP contribution in [0.4, 0.5) is 0 Å². The van der Waals surface area contributed by atoms with Crippen LogP contribution >= 0.6 is 11.3 Å². The summed E-state index contributed by atoms with van der Waals surface area (Å²) in [5.74, 6) is 2.74. The zero-order valence-corrected chi connectivity index (χ0v) is 14.2. The summed E-state index contributed by atoms with van der Waals surface area (Å²) in [6.45, 7) is 0.102. The first-order chi connectivity index (χ1) is 11.7. The van der Waals surface area contributed by atoms with E-state index in [2.05, 4.69) is 4.98 Å². The predicted octanol–water partition coefficient (Wildman–Crippen LogP) is 2.87. The van der Waals surface area contributed by atoms with Gasteiger partial charge >= 0.3 is 5.97 Å². The van der Waals surface area contributed by atoms with Crippen LogP contribution in [-0.2, 0) is 16.1 Å². The smallest absolute Gasteiger partial charge is 0.309 e. The van der Waals surface area contributed by atoms with Gasteiger partial charge < -0.3 is 4.74 Å². The van der Waals surface area contributed by atoms with Gasteiger partial charge in [-0.25, -0.2) is 4.98 Å². The highest BCUT2D eigenvalue weighted by atomic mass is 32.1. The lowest BCUT2D eigenvalue weighted by atomic mass is 9.52. The van der Waals surface area contributed by atoms with E-state index in [1.807, 2.05) is 5.38 Å². The first kappa shape index (κ1) is 14.6. The molecule has 0 aromatic carbocycles. The molecule has 0 saturated heterocycles. The van der Waals surface area contributed by atoms with Crippen molar-refractivity contribution in [2.75, 3.05) is 0 Å². The number of carbonyl (C=O) groups excluding carboxylic acids is 1. The summed E-state index contributed by atoms with van der Waals surface area (Å²) in [5, 5.41) is 1.83. The van der Waals surface area contributed by atoms with Gasteiger partial charge in [0.15, 0.2) is 4.96 Å². The van der Waals surface area contributed by atoms with Crippen molar-refractivity contribution in [3.63, 3.8) is 0 Å². The molecule has 24 heavy (non-hydrogen) atoms. The van der Waals surface area contributed by atoms with Gasteiger partial charge in [-0.2, -0.15) is 0 Å². The van der Waals surface area contributed by atoms with E-state index in [1.165, 1.54) is 53.9 Å². The number of thiazole rings is 1. The molecule has 6 rings (SSSR count). The van der Waals surface area contributed by atoms with Gasteiger partial charge in [0.25, 0.3) is 5.56 Å². The van der Waals surface area contributed by atoms with Crippen LogP contribution in [0.2, 0.25) is 0 Å². The Bertz CT molecular complexity index is 827. The van der Waals surface area contributed by atoms with Crippen LogP contribution in [0.5, 0.6) is 0 Å². The van der Waals surface area contributed by atoms with E-state index in [0.717, 1.165) is 11.8 Å². The summed E-state index contributed by atoms with van der Waals surface area (Å²) in [4.78, 5) is 29.7. The minimum Gasteiger partial charge on any atom is -0.459 e. The molecule has 0 spiro atoms. The number of hydrogen-bond acceptors (Lipinski definition) is 5. The summed E-state index contributed by atoms with van der Waals surface area (Å²) in [6, 6.07) is 1.46. The lowest BCUT2D eigenvalue weighted by Gasteiger charge is -2.53. The van der Waals surface area contributed by atoms with Crippen LogP contribution in [0.15, 0.2) is 22.4 Å². The number of esters is 1. The van der Waals surface area contributed by atoms with Crippen LogP contribution in [0, 0.1) is 29.6 Å². The molecule has 2 aromatic rings. The van der Waals surface area contributed by atoms with Gasteiger partial charge in [0.05, 0.1) is 11.6 Å². The molecule has 0 atom stereocenters. The van der Waals surface area contributed by atoms with Crippen molar-refractivity contribution in [1.82, 2.24) is 9.38 Å². The SMILES string of the molecule is O=C(OCc1cc(=O)n2ccsc2n1)C1C2CC3CC(C2)CC1C3. The van der Waals surface area contributed by atoms with Crippen molar-refractivity contribution in [2.45, 2.75) is 38.7 Å². The second-order valence-electron chi connectivity index (χ2n) is 7.71. The van der Waals surface area contributed by atoms with E-state index >= 15 is 0 Å². The quantitative estimate of drug-likeness (QED) is 0.803. The fraction of sp³-hybridized carbons (Fsp3) is 0.611. The first-order valence-electron chi connectivity index (χ1n) is 8.80. The standard InChI is InChI=1S/C18H20N2O3S/c21-15-8-14(19-18-20(15)1-2-24-18)9-23-17(22)16-12-4-10-3-11(6-12)7-13(16)5-10/h1-2,8,10-13,16H,3-7,9H2. The lowest BCUT2D eigenvalue weighted by Crippen LogP contribution is -2.48. The Labute approximate surface area is 143 Å². The highest BCUT2D eigenvalue weighted by Crippen LogP contribution is 2.56. The fourth-order valence-corrected chi connectivity index (χ4v) is 6.25. The third-order valence-corrected chi connectivity index (χ3v) is 6.97. The Morgan fingerprint density at radius 2 is 1.92 bits per heavy atom. The molecule has 0 aliphatic heterocycles. The summed E-state index contributed by atoms with van der Waals surface area (Å²) >= 11 is 1.41. The summed E-state index contributed by atoms with van der Waals surface area (Å²) in [6.07, 6.45) is 7.89. The molecule has 0 N–H and O–H groups in total. The van der Waals surface area contributed by atoms with Crippen molar-refractivity contribution in [3.8, 4) is 0 Å². The molecule has 2 heterocycles. The molecule has 4 aliphatic carbocycles. The largest absolute Gasteiger partial charge is 0.459 e. The number of carbonyl (C=O) groups is 1. The van der Waals surface area contributed by atoms with Gasteiger partial charge in [-0.05, 0) is 55.8 Å². The van der Waals surface area contributed by atoms with Gasteiger partial charge in [-0.1, -0.05) is 0 Å². The molecular formula is C18H20N2O3S. The van der Waals surface area contributed by atoms with Crippen LogP contribution in [0.1, 0.15) is 37.8 Å². The summed E-state index contributed by atoms with van der Waals surface area (Å²) in [7, 11) is 0. The maximum atomic E-state index is 12.7. The van der Waals surface area contributed by atoms with Gasteiger partial charge in [-0.3, -0.25) is 14.0 Å². The molecule has 4 fully saturated rings. The Balaban J connectivity index is 1.31. The summed E-state index contributed by atoms with van der Waals surface area (Å²) < 4.78 is 7.10. The normalized spacial score (nSPS) is 33.9. The van der Waals surface area contributed by atoms with Crippen LogP contribution in [-0.4, -0.2) is 15.4 Å². The molecule has 0 amide bonds. The monoisotopic (exact) mass is 344 g/mol. The van der Waals surface area contributed by atoms with Crippen molar-refractivity contribution in [2.24, 2.45) is 29.6 Å². The molecular weight excluding hydrogens is 324 g/mol. The Kier molecular flexibility index (Phi) is 3.30. The van der Waals surface area contributed by atoms with Gasteiger partial charge in [0, 0.05) is 17.6 Å². The minimum absolute atomic E-state index is 0.0722. The lowest BCUT2D eigenvalue weighted by molar-refractivity contribution is -0.163. The minimum atomic E-state index is -0.123. The first-order valence-corrected chi connectivity index (χ1v) is 9.68. The number of hydrogen-bond donors (Lipinski definition) is 0. The van der Waals surface area contributed by atoms with E-state index in [-0.39, 0.29) is 24.1 Å². The molecule has 4 bridgehead atoms. The van der Waals surface area contributed by atoms with Crippen LogP contribution < -0.4 is 5.56 Å². The topological polar surface area (TPSA) is 60.7 Å². The molecule has 0 unspecified atom stereocenters. The molecule has 126 valence electrons. The third-order valence-electron chi connectivity index (χ3n) is 6.22. The number of fused-ring (bicyclic) bond motifs is 1. The Morgan fingerprint density at radius 3 is 2.62 bits per heavy atom.